The molecule has 4 nitrogen and oxygen atoms in total. The third-order valence-corrected chi connectivity index (χ3v) is 3.69. The molecule has 0 aromatic carbocycles. The Morgan fingerprint density at radius 2 is 2.10 bits per heavy atom. The van der Waals surface area contributed by atoms with E-state index in [1.807, 2.05) is 6.07 Å². The van der Waals surface area contributed by atoms with Crippen LogP contribution in [0.3, 0.4) is 0 Å². The van der Waals surface area contributed by atoms with Crippen molar-refractivity contribution in [1.82, 2.24) is 4.90 Å². The van der Waals surface area contributed by atoms with Crippen LogP contribution in [-0.4, -0.2) is 47.3 Å². The predicted octanol–water partition coefficient (Wildman–Crippen LogP) is 1.72. The highest BCUT2D eigenvalue weighted by Gasteiger charge is 2.16. The summed E-state index contributed by atoms with van der Waals surface area (Å²) in [6.45, 7) is 3.12. The highest BCUT2D eigenvalue weighted by atomic mass is 32.1. The van der Waals surface area contributed by atoms with Crippen molar-refractivity contribution in [2.75, 3.05) is 26.3 Å². The molecular weight excluding hydrogens is 274 g/mol. The number of hydrogen-bond acceptors (Lipinski definition) is 4. The Kier molecular flexibility index (Phi) is 7.97. The lowest BCUT2D eigenvalue weighted by Gasteiger charge is -2.20. The van der Waals surface area contributed by atoms with E-state index in [4.69, 9.17) is 10.2 Å². The fourth-order valence-electron chi connectivity index (χ4n) is 1.67. The van der Waals surface area contributed by atoms with Crippen LogP contribution in [0.25, 0.3) is 0 Å². The average Bonchev–Trinajstić information content (AvgIpc) is 2.92. The van der Waals surface area contributed by atoms with Crippen molar-refractivity contribution in [3.05, 3.63) is 21.9 Å². The molecule has 0 spiro atoms. The summed E-state index contributed by atoms with van der Waals surface area (Å²) in [6.07, 6.45) is 2.38. The second-order valence-corrected chi connectivity index (χ2v) is 5.39. The van der Waals surface area contributed by atoms with E-state index in [0.717, 1.165) is 17.7 Å². The van der Waals surface area contributed by atoms with Crippen molar-refractivity contribution in [3.8, 4) is 11.8 Å². The molecule has 0 fully saturated rings. The molecule has 1 heterocycles. The quantitative estimate of drug-likeness (QED) is 0.753. The van der Waals surface area contributed by atoms with Crippen LogP contribution in [-0.2, 0) is 0 Å². The lowest BCUT2D eigenvalue weighted by molar-refractivity contribution is 0.0724. The molecule has 1 amide bonds. The molecule has 110 valence electrons. The van der Waals surface area contributed by atoms with Crippen LogP contribution in [0.15, 0.2) is 12.1 Å². The van der Waals surface area contributed by atoms with Crippen LogP contribution in [0.1, 0.15) is 40.7 Å². The van der Waals surface area contributed by atoms with E-state index in [-0.39, 0.29) is 19.1 Å². The molecule has 1 aromatic heterocycles. The summed E-state index contributed by atoms with van der Waals surface area (Å²) in [6, 6.07) is 3.59. The smallest absolute Gasteiger partial charge is 0.264 e. The van der Waals surface area contributed by atoms with Gasteiger partial charge in [-0.25, -0.2) is 0 Å². The van der Waals surface area contributed by atoms with Crippen LogP contribution in [0.5, 0.6) is 0 Å². The Morgan fingerprint density at radius 3 is 2.75 bits per heavy atom. The summed E-state index contributed by atoms with van der Waals surface area (Å²) in [4.78, 5) is 15.5. The van der Waals surface area contributed by atoms with E-state index in [1.165, 1.54) is 11.3 Å². The maximum absolute atomic E-state index is 12.3. The summed E-state index contributed by atoms with van der Waals surface area (Å²) in [7, 11) is 0. The number of aliphatic hydroxyl groups is 2. The van der Waals surface area contributed by atoms with Gasteiger partial charge in [0, 0.05) is 19.5 Å². The first-order chi connectivity index (χ1) is 9.72. The van der Waals surface area contributed by atoms with Gasteiger partial charge in [0.1, 0.15) is 0 Å². The first-order valence-corrected chi connectivity index (χ1v) is 7.64. The normalized spacial score (nSPS) is 9.95. The van der Waals surface area contributed by atoms with Gasteiger partial charge in [-0.2, -0.15) is 0 Å². The van der Waals surface area contributed by atoms with E-state index >= 15 is 0 Å². The minimum absolute atomic E-state index is 0.0238. The SMILES string of the molecule is CCCCN(CCO)C(=O)c1ccc(C#CCCO)s1. The third kappa shape index (κ3) is 5.33. The highest BCUT2D eigenvalue weighted by molar-refractivity contribution is 7.14. The fourth-order valence-corrected chi connectivity index (χ4v) is 2.51. The number of amides is 1. The van der Waals surface area contributed by atoms with E-state index in [2.05, 4.69) is 18.8 Å². The standard InChI is InChI=1S/C15H21NO3S/c1-2-3-9-16(10-12-18)15(19)14-8-7-13(20-14)6-4-5-11-17/h7-8,17-18H,2-3,5,9-12H2,1H3. The van der Waals surface area contributed by atoms with Crippen LogP contribution in [0, 0.1) is 11.8 Å². The largest absolute Gasteiger partial charge is 0.395 e. The number of thiophene rings is 1. The molecule has 20 heavy (non-hydrogen) atoms. The molecule has 0 saturated heterocycles. The lowest BCUT2D eigenvalue weighted by Crippen LogP contribution is -2.33. The number of rotatable bonds is 7. The molecular formula is C15H21NO3S. The van der Waals surface area contributed by atoms with Crippen molar-refractivity contribution in [2.24, 2.45) is 0 Å². The molecule has 0 radical (unpaired) electrons. The molecule has 0 bridgehead atoms. The van der Waals surface area contributed by atoms with Crippen LogP contribution < -0.4 is 0 Å². The van der Waals surface area contributed by atoms with Crippen LogP contribution >= 0.6 is 11.3 Å². The number of carbonyl (C=O) groups excluding carboxylic acids is 1. The molecule has 0 aliphatic heterocycles. The molecule has 2 N–H and O–H groups in total. The van der Waals surface area contributed by atoms with Gasteiger partial charge in [0.2, 0.25) is 0 Å². The molecule has 0 atom stereocenters. The van der Waals surface area contributed by atoms with Gasteiger partial charge >= 0.3 is 0 Å². The minimum Gasteiger partial charge on any atom is -0.395 e. The van der Waals surface area contributed by atoms with Crippen molar-refractivity contribution in [3.63, 3.8) is 0 Å². The van der Waals surface area contributed by atoms with Gasteiger partial charge in [-0.1, -0.05) is 25.2 Å². The summed E-state index contributed by atoms with van der Waals surface area (Å²) in [5.74, 6) is 5.71. The van der Waals surface area contributed by atoms with E-state index in [0.29, 0.717) is 24.4 Å². The Balaban J connectivity index is 2.72. The summed E-state index contributed by atoms with van der Waals surface area (Å²) in [5, 5.41) is 17.7. The number of nitrogens with zero attached hydrogens (tertiary/aromatic N) is 1. The molecule has 0 aliphatic carbocycles. The molecule has 5 heteroatoms. The van der Waals surface area contributed by atoms with Gasteiger partial charge in [0.25, 0.3) is 5.91 Å². The molecule has 1 aromatic rings. The van der Waals surface area contributed by atoms with Gasteiger partial charge in [0.15, 0.2) is 0 Å². The molecule has 1 rings (SSSR count). The zero-order valence-electron chi connectivity index (χ0n) is 11.8. The van der Waals surface area contributed by atoms with Crippen LogP contribution in [0.2, 0.25) is 0 Å². The summed E-state index contributed by atoms with van der Waals surface area (Å²) >= 11 is 1.35. The van der Waals surface area contributed by atoms with Gasteiger partial charge in [-0.3, -0.25) is 4.79 Å². The van der Waals surface area contributed by atoms with Gasteiger partial charge in [-0.05, 0) is 18.6 Å². The molecule has 0 unspecified atom stereocenters. The number of carbonyl (C=O) groups is 1. The number of unbranched alkanes of at least 4 members (excludes halogenated alkanes) is 1. The summed E-state index contributed by atoms with van der Waals surface area (Å²) in [5.41, 5.74) is 0. The van der Waals surface area contributed by atoms with Crippen molar-refractivity contribution >= 4 is 17.2 Å². The zero-order valence-corrected chi connectivity index (χ0v) is 12.6. The van der Waals surface area contributed by atoms with Crippen molar-refractivity contribution in [2.45, 2.75) is 26.2 Å². The maximum Gasteiger partial charge on any atom is 0.264 e. The summed E-state index contributed by atoms with van der Waals surface area (Å²) < 4.78 is 0. The second-order valence-electron chi connectivity index (χ2n) is 4.31. The number of hydrogen-bond donors (Lipinski definition) is 2. The maximum atomic E-state index is 12.3. The van der Waals surface area contributed by atoms with E-state index in [1.54, 1.807) is 11.0 Å². The Bertz CT molecular complexity index is 473. The Hall–Kier alpha value is -1.35. The third-order valence-electron chi connectivity index (χ3n) is 2.70. The van der Waals surface area contributed by atoms with Crippen molar-refractivity contribution in [1.29, 1.82) is 0 Å². The van der Waals surface area contributed by atoms with Crippen LogP contribution in [0.4, 0.5) is 0 Å². The zero-order chi connectivity index (χ0) is 14.8. The van der Waals surface area contributed by atoms with Crippen molar-refractivity contribution < 1.29 is 15.0 Å². The first-order valence-electron chi connectivity index (χ1n) is 6.82. The second kappa shape index (κ2) is 9.54. The van der Waals surface area contributed by atoms with Gasteiger partial charge < -0.3 is 15.1 Å². The number of aliphatic hydroxyl groups excluding tert-OH is 2. The monoisotopic (exact) mass is 295 g/mol. The fraction of sp³-hybridized carbons (Fsp3) is 0.533. The average molecular weight is 295 g/mol. The predicted molar refractivity (Wildman–Crippen MR) is 80.8 cm³/mol. The first kappa shape index (κ1) is 16.7. The molecule has 0 saturated carbocycles. The van der Waals surface area contributed by atoms with Gasteiger partial charge in [-0.15, -0.1) is 11.3 Å². The Labute approximate surface area is 124 Å². The topological polar surface area (TPSA) is 60.8 Å². The Morgan fingerprint density at radius 1 is 1.30 bits per heavy atom. The van der Waals surface area contributed by atoms with Gasteiger partial charge in [0.05, 0.1) is 23.0 Å². The van der Waals surface area contributed by atoms with E-state index in [9.17, 15) is 4.79 Å². The lowest BCUT2D eigenvalue weighted by atomic mass is 10.3. The van der Waals surface area contributed by atoms with E-state index < -0.39 is 0 Å². The minimum atomic E-state index is -0.0484. The highest BCUT2D eigenvalue weighted by Crippen LogP contribution is 2.18. The molecule has 0 aliphatic rings.